The van der Waals surface area contributed by atoms with Gasteiger partial charge in [0.05, 0.1) is 0 Å². The van der Waals surface area contributed by atoms with Crippen molar-refractivity contribution in [3.05, 3.63) is 28.2 Å². The Morgan fingerprint density at radius 2 is 2.00 bits per heavy atom. The molecule has 0 atom stereocenters. The number of aliphatic carboxylic acids is 1. The second kappa shape index (κ2) is 6.68. The molecular weight excluding hydrogens is 377 g/mol. The molecule has 1 heterocycles. The van der Waals surface area contributed by atoms with Crippen LogP contribution >= 0.6 is 15.9 Å². The van der Waals surface area contributed by atoms with Crippen molar-refractivity contribution in [2.75, 3.05) is 24.5 Å². The quantitative estimate of drug-likeness (QED) is 0.807. The largest absolute Gasteiger partial charge is 0.490 e. The van der Waals surface area contributed by atoms with E-state index in [9.17, 15) is 13.2 Å². The van der Waals surface area contributed by atoms with Gasteiger partial charge in [0.25, 0.3) is 0 Å². The van der Waals surface area contributed by atoms with E-state index in [-0.39, 0.29) is 0 Å². The molecule has 0 aromatic heterocycles. The smallest absolute Gasteiger partial charge is 0.475 e. The Morgan fingerprint density at radius 3 is 2.43 bits per heavy atom. The molecule has 0 amide bonds. The predicted octanol–water partition coefficient (Wildman–Crippen LogP) is 3.28. The molecule has 0 bridgehead atoms. The first-order valence-electron chi connectivity index (χ1n) is 7.25. The number of carboxylic acid groups (broad SMARTS) is 1. The SMILES string of the molecule is NCCN1CC2(CCC2)c2c(Br)cccc21.O=C(O)C(F)(F)F. The fourth-order valence-corrected chi connectivity index (χ4v) is 3.97. The van der Waals surface area contributed by atoms with Gasteiger partial charge in [-0.25, -0.2) is 4.79 Å². The minimum absolute atomic E-state index is 0.435. The van der Waals surface area contributed by atoms with E-state index in [1.54, 1.807) is 0 Å². The molecule has 1 fully saturated rings. The molecule has 1 saturated carbocycles. The molecule has 0 radical (unpaired) electrons. The zero-order valence-electron chi connectivity index (χ0n) is 12.4. The van der Waals surface area contributed by atoms with Gasteiger partial charge in [0.2, 0.25) is 0 Å². The van der Waals surface area contributed by atoms with E-state index in [1.807, 2.05) is 0 Å². The molecule has 1 aliphatic heterocycles. The van der Waals surface area contributed by atoms with Crippen LogP contribution in [0.15, 0.2) is 22.7 Å². The van der Waals surface area contributed by atoms with Crippen LogP contribution in [0.2, 0.25) is 0 Å². The third-order valence-electron chi connectivity index (χ3n) is 4.31. The van der Waals surface area contributed by atoms with Gasteiger partial charge in [-0.05, 0) is 30.5 Å². The fraction of sp³-hybridized carbons (Fsp3) is 0.533. The monoisotopic (exact) mass is 394 g/mol. The van der Waals surface area contributed by atoms with E-state index >= 15 is 0 Å². The normalized spacial score (nSPS) is 18.0. The van der Waals surface area contributed by atoms with E-state index < -0.39 is 12.1 Å². The van der Waals surface area contributed by atoms with Crippen LogP contribution in [0.3, 0.4) is 0 Å². The van der Waals surface area contributed by atoms with Gasteiger partial charge in [-0.2, -0.15) is 13.2 Å². The Balaban J connectivity index is 0.000000236. The van der Waals surface area contributed by atoms with Crippen LogP contribution in [-0.2, 0) is 10.2 Å². The summed E-state index contributed by atoms with van der Waals surface area (Å²) in [5.74, 6) is -2.76. The minimum atomic E-state index is -5.08. The van der Waals surface area contributed by atoms with Crippen LogP contribution < -0.4 is 10.6 Å². The number of nitrogens with zero attached hydrogens (tertiary/aromatic N) is 1. The molecule has 1 aromatic carbocycles. The molecule has 8 heteroatoms. The second-order valence-electron chi connectivity index (χ2n) is 5.78. The molecule has 0 saturated heterocycles. The number of carbonyl (C=O) groups is 1. The molecule has 3 rings (SSSR count). The summed E-state index contributed by atoms with van der Waals surface area (Å²) in [7, 11) is 0. The Kier molecular flexibility index (Phi) is 5.25. The van der Waals surface area contributed by atoms with Gasteiger partial charge < -0.3 is 15.7 Å². The highest BCUT2D eigenvalue weighted by atomic mass is 79.9. The number of carboxylic acids is 1. The molecule has 23 heavy (non-hydrogen) atoms. The van der Waals surface area contributed by atoms with Crippen molar-refractivity contribution < 1.29 is 23.1 Å². The maximum Gasteiger partial charge on any atom is 0.490 e. The summed E-state index contributed by atoms with van der Waals surface area (Å²) < 4.78 is 33.0. The number of hydrogen-bond donors (Lipinski definition) is 2. The van der Waals surface area contributed by atoms with Gasteiger partial charge in [-0.1, -0.05) is 28.4 Å². The Morgan fingerprint density at radius 1 is 1.39 bits per heavy atom. The van der Waals surface area contributed by atoms with Crippen molar-refractivity contribution >= 4 is 27.6 Å². The van der Waals surface area contributed by atoms with Crippen molar-refractivity contribution in [2.45, 2.75) is 30.9 Å². The van der Waals surface area contributed by atoms with Gasteiger partial charge >= 0.3 is 12.1 Å². The molecule has 1 spiro atoms. The van der Waals surface area contributed by atoms with Crippen LogP contribution in [0.25, 0.3) is 0 Å². The maximum absolute atomic E-state index is 10.6. The summed E-state index contributed by atoms with van der Waals surface area (Å²) in [6, 6.07) is 6.54. The zero-order valence-corrected chi connectivity index (χ0v) is 14.0. The molecule has 3 N–H and O–H groups in total. The Bertz CT molecular complexity index is 589. The predicted molar refractivity (Wildman–Crippen MR) is 84.6 cm³/mol. The van der Waals surface area contributed by atoms with Gasteiger partial charge in [0.15, 0.2) is 0 Å². The average molecular weight is 395 g/mol. The molecular formula is C15H18BrF3N2O2. The molecule has 0 unspecified atom stereocenters. The number of rotatable bonds is 2. The van der Waals surface area contributed by atoms with Gasteiger partial charge in [0.1, 0.15) is 0 Å². The number of nitrogens with two attached hydrogens (primary N) is 1. The van der Waals surface area contributed by atoms with Crippen molar-refractivity contribution in [1.82, 2.24) is 0 Å². The van der Waals surface area contributed by atoms with Gasteiger partial charge in [-0.3, -0.25) is 0 Å². The van der Waals surface area contributed by atoms with Crippen LogP contribution in [0.5, 0.6) is 0 Å². The van der Waals surface area contributed by atoms with Gasteiger partial charge in [-0.15, -0.1) is 0 Å². The highest BCUT2D eigenvalue weighted by molar-refractivity contribution is 9.10. The summed E-state index contributed by atoms with van der Waals surface area (Å²) in [5.41, 5.74) is 9.07. The first-order valence-corrected chi connectivity index (χ1v) is 8.05. The minimum Gasteiger partial charge on any atom is -0.475 e. The summed E-state index contributed by atoms with van der Waals surface area (Å²) in [6.07, 6.45) is -1.04. The van der Waals surface area contributed by atoms with Gasteiger partial charge in [0, 0.05) is 35.2 Å². The highest BCUT2D eigenvalue weighted by Crippen LogP contribution is 2.54. The molecule has 1 aliphatic carbocycles. The van der Waals surface area contributed by atoms with Crippen LogP contribution in [0, 0.1) is 0 Å². The van der Waals surface area contributed by atoms with E-state index in [0.29, 0.717) is 5.41 Å². The lowest BCUT2D eigenvalue weighted by Crippen LogP contribution is -2.40. The van der Waals surface area contributed by atoms with E-state index in [2.05, 4.69) is 39.0 Å². The number of alkyl halides is 3. The summed E-state index contributed by atoms with van der Waals surface area (Å²) in [4.78, 5) is 11.4. The van der Waals surface area contributed by atoms with E-state index in [4.69, 9.17) is 15.6 Å². The summed E-state index contributed by atoms with van der Waals surface area (Å²) >= 11 is 3.72. The lowest BCUT2D eigenvalue weighted by atomic mass is 9.66. The number of halogens is 4. The van der Waals surface area contributed by atoms with E-state index in [1.165, 1.54) is 41.5 Å². The maximum atomic E-state index is 10.6. The van der Waals surface area contributed by atoms with Crippen LogP contribution in [0.1, 0.15) is 24.8 Å². The van der Waals surface area contributed by atoms with Crippen molar-refractivity contribution in [2.24, 2.45) is 5.73 Å². The lowest BCUT2D eigenvalue weighted by molar-refractivity contribution is -0.192. The lowest BCUT2D eigenvalue weighted by Gasteiger charge is -2.39. The first-order chi connectivity index (χ1) is 10.7. The Labute approximate surface area is 140 Å². The van der Waals surface area contributed by atoms with Crippen molar-refractivity contribution in [1.29, 1.82) is 0 Å². The van der Waals surface area contributed by atoms with E-state index in [0.717, 1.165) is 13.1 Å². The van der Waals surface area contributed by atoms with Crippen LogP contribution in [0.4, 0.5) is 18.9 Å². The molecule has 4 nitrogen and oxygen atoms in total. The number of anilines is 1. The molecule has 2 aliphatic rings. The second-order valence-corrected chi connectivity index (χ2v) is 6.64. The molecule has 1 aromatic rings. The first kappa shape index (κ1) is 18.1. The average Bonchev–Trinajstić information content (AvgIpc) is 2.75. The number of fused-ring (bicyclic) bond motifs is 2. The molecule has 128 valence electrons. The Hall–Kier alpha value is -1.28. The number of benzene rings is 1. The third-order valence-corrected chi connectivity index (χ3v) is 4.97. The topological polar surface area (TPSA) is 66.6 Å². The fourth-order valence-electron chi connectivity index (χ4n) is 3.20. The standard InChI is InChI=1S/C13H17BrN2.C2HF3O2/c14-10-3-1-4-11-12(10)13(5-2-6-13)9-16(11)8-7-15;3-2(4,5)1(6)7/h1,3-4H,2,5-9,15H2;(H,6,7). The summed E-state index contributed by atoms with van der Waals surface area (Å²) in [6.45, 7) is 2.88. The number of hydrogen-bond acceptors (Lipinski definition) is 3. The van der Waals surface area contributed by atoms with Crippen LogP contribution in [-0.4, -0.2) is 36.9 Å². The third kappa shape index (κ3) is 3.63. The zero-order chi connectivity index (χ0) is 17.3. The van der Waals surface area contributed by atoms with Crippen molar-refractivity contribution in [3.63, 3.8) is 0 Å². The van der Waals surface area contributed by atoms with Crippen molar-refractivity contribution in [3.8, 4) is 0 Å². The highest BCUT2D eigenvalue weighted by Gasteiger charge is 2.47. The summed E-state index contributed by atoms with van der Waals surface area (Å²) in [5, 5.41) is 7.12.